The van der Waals surface area contributed by atoms with E-state index in [-0.39, 0.29) is 0 Å². The Morgan fingerprint density at radius 2 is 1.78 bits per heavy atom. The van der Waals surface area contributed by atoms with Crippen LogP contribution in [0.2, 0.25) is 0 Å². The Morgan fingerprint density at radius 3 is 2.43 bits per heavy atom. The number of aromatic nitrogens is 1. The predicted octanol–water partition coefficient (Wildman–Crippen LogP) is 4.81. The molecule has 0 spiro atoms. The fourth-order valence-corrected chi connectivity index (χ4v) is 3.31. The summed E-state index contributed by atoms with van der Waals surface area (Å²) in [5.74, 6) is 0. The zero-order valence-electron chi connectivity index (χ0n) is 14.5. The van der Waals surface area contributed by atoms with Crippen molar-refractivity contribution < 1.29 is 0 Å². The van der Waals surface area contributed by atoms with Crippen molar-refractivity contribution in [3.8, 4) is 0 Å². The molecule has 3 nitrogen and oxygen atoms in total. The highest BCUT2D eigenvalue weighted by Gasteiger charge is 2.03. The lowest BCUT2D eigenvalue weighted by Crippen LogP contribution is -2.15. The van der Waals surface area contributed by atoms with E-state index < -0.39 is 0 Å². The molecule has 124 valence electrons. The lowest BCUT2D eigenvalue weighted by molar-refractivity contribution is 0.760. The highest BCUT2D eigenvalue weighted by molar-refractivity contribution is 7.07. The van der Waals surface area contributed by atoms with Crippen LogP contribution in [0.3, 0.4) is 0 Å². The topological polar surface area (TPSA) is 29.6 Å². The van der Waals surface area contributed by atoms with Crippen LogP contribution in [0.1, 0.15) is 50.8 Å². The molecule has 1 aromatic heterocycles. The third-order valence-corrected chi connectivity index (χ3v) is 4.63. The second-order valence-electron chi connectivity index (χ2n) is 5.76. The number of aryl methyl sites for hydroxylation is 1. The largest absolute Gasteiger partial charge is 0.257 e. The molecule has 0 bridgehead atoms. The number of rotatable bonds is 8. The van der Waals surface area contributed by atoms with Crippen molar-refractivity contribution in [1.82, 2.24) is 4.68 Å². The van der Waals surface area contributed by atoms with Crippen LogP contribution in [0.5, 0.6) is 0 Å². The number of benzene rings is 1. The molecule has 0 fully saturated rings. The third-order valence-electron chi connectivity index (χ3n) is 3.66. The predicted molar refractivity (Wildman–Crippen MR) is 100 cm³/mol. The van der Waals surface area contributed by atoms with Crippen molar-refractivity contribution in [2.45, 2.75) is 52.9 Å². The SMILES string of the molecule is CCCC(CCC)=Nn1c(C)csc1=NCCc1ccccc1. The van der Waals surface area contributed by atoms with E-state index in [1.54, 1.807) is 11.3 Å². The normalized spacial score (nSPS) is 11.7. The summed E-state index contributed by atoms with van der Waals surface area (Å²) >= 11 is 1.68. The molecule has 0 N–H and O–H groups in total. The maximum absolute atomic E-state index is 4.87. The highest BCUT2D eigenvalue weighted by Crippen LogP contribution is 2.06. The smallest absolute Gasteiger partial charge is 0.205 e. The molecule has 2 aromatic rings. The summed E-state index contributed by atoms with van der Waals surface area (Å²) in [5, 5.41) is 7.01. The van der Waals surface area contributed by atoms with E-state index in [4.69, 9.17) is 10.1 Å². The molecule has 1 heterocycles. The minimum Gasteiger partial charge on any atom is -0.257 e. The van der Waals surface area contributed by atoms with Crippen LogP contribution in [0, 0.1) is 6.92 Å². The quantitative estimate of drug-likeness (QED) is 0.622. The molecule has 2 rings (SSSR count). The van der Waals surface area contributed by atoms with E-state index in [0.29, 0.717) is 0 Å². The lowest BCUT2D eigenvalue weighted by atomic mass is 10.1. The molecular formula is C19H27N3S. The molecule has 0 unspecified atom stereocenters. The van der Waals surface area contributed by atoms with Gasteiger partial charge in [0.2, 0.25) is 4.80 Å². The number of hydrogen-bond donors (Lipinski definition) is 0. The average molecular weight is 330 g/mol. The van der Waals surface area contributed by atoms with Crippen molar-refractivity contribution in [3.63, 3.8) is 0 Å². The highest BCUT2D eigenvalue weighted by atomic mass is 32.1. The molecule has 0 saturated heterocycles. The minimum atomic E-state index is 0.802. The molecule has 0 aliphatic rings. The Hall–Kier alpha value is -1.68. The van der Waals surface area contributed by atoms with Crippen LogP contribution in [0.25, 0.3) is 0 Å². The molecule has 0 radical (unpaired) electrons. The Kier molecular flexibility index (Phi) is 7.27. The van der Waals surface area contributed by atoms with Crippen molar-refractivity contribution >= 4 is 17.0 Å². The summed E-state index contributed by atoms with van der Waals surface area (Å²) in [7, 11) is 0. The van der Waals surface area contributed by atoms with Crippen LogP contribution in [0.4, 0.5) is 0 Å². The van der Waals surface area contributed by atoms with Gasteiger partial charge in [0.25, 0.3) is 0 Å². The first-order chi connectivity index (χ1) is 11.2. The first-order valence-corrected chi connectivity index (χ1v) is 9.40. The van der Waals surface area contributed by atoms with Gasteiger partial charge >= 0.3 is 0 Å². The molecular weight excluding hydrogens is 302 g/mol. The summed E-state index contributed by atoms with van der Waals surface area (Å²) in [6, 6.07) is 10.5. The van der Waals surface area contributed by atoms with Crippen LogP contribution in [-0.2, 0) is 6.42 Å². The summed E-state index contributed by atoms with van der Waals surface area (Å²) in [6.07, 6.45) is 5.39. The Balaban J connectivity index is 2.16. The van der Waals surface area contributed by atoms with Crippen LogP contribution < -0.4 is 4.80 Å². The van der Waals surface area contributed by atoms with Gasteiger partial charge in [0, 0.05) is 17.6 Å². The number of thiazole rings is 1. The third kappa shape index (κ3) is 5.47. The molecule has 0 saturated carbocycles. The van der Waals surface area contributed by atoms with E-state index in [0.717, 1.165) is 49.1 Å². The first kappa shape index (κ1) is 17.7. The maximum atomic E-state index is 4.87. The molecule has 0 aliphatic heterocycles. The van der Waals surface area contributed by atoms with Gasteiger partial charge in [-0.1, -0.05) is 57.0 Å². The van der Waals surface area contributed by atoms with E-state index in [2.05, 4.69) is 56.5 Å². The van der Waals surface area contributed by atoms with Gasteiger partial charge in [-0.25, -0.2) is 4.68 Å². The van der Waals surface area contributed by atoms with Gasteiger partial charge in [0.1, 0.15) is 0 Å². The van der Waals surface area contributed by atoms with Crippen LogP contribution in [-0.4, -0.2) is 16.9 Å². The molecule has 1 aromatic carbocycles. The van der Waals surface area contributed by atoms with Crippen molar-refractivity contribution in [2.75, 3.05) is 6.54 Å². The van der Waals surface area contributed by atoms with Gasteiger partial charge < -0.3 is 0 Å². The fraction of sp³-hybridized carbons (Fsp3) is 0.474. The second-order valence-corrected chi connectivity index (χ2v) is 6.59. The molecule has 23 heavy (non-hydrogen) atoms. The van der Waals surface area contributed by atoms with Gasteiger partial charge in [0.15, 0.2) is 0 Å². The lowest BCUT2D eigenvalue weighted by Gasteiger charge is -2.05. The summed E-state index contributed by atoms with van der Waals surface area (Å²) in [5.41, 5.74) is 3.77. The van der Waals surface area contributed by atoms with E-state index in [1.165, 1.54) is 11.3 Å². The van der Waals surface area contributed by atoms with Crippen molar-refractivity contribution in [2.24, 2.45) is 10.1 Å². The van der Waals surface area contributed by atoms with Gasteiger partial charge in [-0.05, 0) is 31.7 Å². The second kappa shape index (κ2) is 9.46. The minimum absolute atomic E-state index is 0.802. The van der Waals surface area contributed by atoms with E-state index in [1.807, 2.05) is 4.68 Å². The Morgan fingerprint density at radius 1 is 1.09 bits per heavy atom. The van der Waals surface area contributed by atoms with E-state index >= 15 is 0 Å². The maximum Gasteiger partial charge on any atom is 0.205 e. The number of hydrogen-bond acceptors (Lipinski definition) is 3. The summed E-state index contributed by atoms with van der Waals surface area (Å²) in [6.45, 7) is 7.32. The Bertz CT molecular complexity index is 672. The molecule has 4 heteroatoms. The van der Waals surface area contributed by atoms with Gasteiger partial charge in [-0.15, -0.1) is 11.3 Å². The van der Waals surface area contributed by atoms with Gasteiger partial charge in [-0.2, -0.15) is 5.10 Å². The van der Waals surface area contributed by atoms with Crippen molar-refractivity contribution in [1.29, 1.82) is 0 Å². The van der Waals surface area contributed by atoms with Crippen LogP contribution in [0.15, 0.2) is 45.8 Å². The van der Waals surface area contributed by atoms with Gasteiger partial charge in [-0.3, -0.25) is 4.99 Å². The van der Waals surface area contributed by atoms with Crippen LogP contribution >= 0.6 is 11.3 Å². The molecule has 0 atom stereocenters. The monoisotopic (exact) mass is 329 g/mol. The van der Waals surface area contributed by atoms with Gasteiger partial charge in [0.05, 0.1) is 5.69 Å². The standard InChI is InChI=1S/C19H27N3S/c1-4-9-18(10-5-2)21-22-16(3)15-23-19(22)20-14-13-17-11-7-6-8-12-17/h6-8,11-12,15H,4-5,9-10,13-14H2,1-3H3. The molecule has 0 aliphatic carbocycles. The first-order valence-electron chi connectivity index (χ1n) is 8.52. The summed E-state index contributed by atoms with van der Waals surface area (Å²) in [4.78, 5) is 5.77. The average Bonchev–Trinajstić information content (AvgIpc) is 2.90. The van der Waals surface area contributed by atoms with Crippen molar-refractivity contribution in [3.05, 3.63) is 51.8 Å². The fourth-order valence-electron chi connectivity index (χ4n) is 2.48. The zero-order valence-corrected chi connectivity index (χ0v) is 15.3. The molecule has 0 amide bonds. The van der Waals surface area contributed by atoms with E-state index in [9.17, 15) is 0 Å². The summed E-state index contributed by atoms with van der Waals surface area (Å²) < 4.78 is 2.02. The Labute approximate surface area is 143 Å². The zero-order chi connectivity index (χ0) is 16.5. The number of nitrogens with zero attached hydrogens (tertiary/aromatic N) is 3.